The average Bonchev–Trinajstić information content (AvgIpc) is 2.95. The molecule has 0 bridgehead atoms. The van der Waals surface area contributed by atoms with Crippen LogP contribution in [0.2, 0.25) is 0 Å². The normalized spacial score (nSPS) is 10.5. The minimum atomic E-state index is -0.277. The van der Waals surface area contributed by atoms with Gasteiger partial charge in [0.25, 0.3) is 5.91 Å². The third-order valence-electron chi connectivity index (χ3n) is 3.33. The van der Waals surface area contributed by atoms with Crippen molar-refractivity contribution in [2.45, 2.75) is 13.8 Å². The standard InChI is InChI=1S/C17H15BrN4O2/c1-10-7-12(18)3-4-14(10)21-17(23)15-9-13(5-6-19-15)20-16-8-11(2)24-22-16/h3-9H,1-2H3,(H,21,23)(H,19,20,22). The Kier molecular flexibility index (Phi) is 4.61. The molecule has 0 aliphatic carbocycles. The Morgan fingerprint density at radius 2 is 2.00 bits per heavy atom. The minimum Gasteiger partial charge on any atom is -0.360 e. The number of carbonyl (C=O) groups is 1. The molecule has 0 aliphatic rings. The van der Waals surface area contributed by atoms with Gasteiger partial charge in [-0.3, -0.25) is 9.78 Å². The van der Waals surface area contributed by atoms with Gasteiger partial charge in [-0.25, -0.2) is 0 Å². The first-order valence-electron chi connectivity index (χ1n) is 7.25. The van der Waals surface area contributed by atoms with Crippen LogP contribution in [0.25, 0.3) is 0 Å². The summed E-state index contributed by atoms with van der Waals surface area (Å²) in [5.74, 6) is 1.00. The molecule has 0 unspecified atom stereocenters. The van der Waals surface area contributed by atoms with Gasteiger partial charge in [0.1, 0.15) is 11.5 Å². The zero-order valence-electron chi connectivity index (χ0n) is 13.1. The highest BCUT2D eigenvalue weighted by Gasteiger charge is 2.11. The maximum Gasteiger partial charge on any atom is 0.274 e. The maximum absolute atomic E-state index is 12.4. The lowest BCUT2D eigenvalue weighted by Gasteiger charge is -2.09. The summed E-state index contributed by atoms with van der Waals surface area (Å²) in [4.78, 5) is 16.5. The number of hydrogen-bond donors (Lipinski definition) is 2. The van der Waals surface area contributed by atoms with Gasteiger partial charge in [0.05, 0.1) is 0 Å². The number of carbonyl (C=O) groups excluding carboxylic acids is 1. The summed E-state index contributed by atoms with van der Waals surface area (Å²) in [6, 6.07) is 10.8. The van der Waals surface area contributed by atoms with Crippen LogP contribution < -0.4 is 10.6 Å². The van der Waals surface area contributed by atoms with Crippen molar-refractivity contribution in [2.24, 2.45) is 0 Å². The summed E-state index contributed by atoms with van der Waals surface area (Å²) >= 11 is 3.40. The summed E-state index contributed by atoms with van der Waals surface area (Å²) in [5.41, 5.74) is 2.72. The number of benzene rings is 1. The molecule has 3 aromatic rings. The van der Waals surface area contributed by atoms with Crippen molar-refractivity contribution < 1.29 is 9.32 Å². The number of halogens is 1. The molecular formula is C17H15BrN4O2. The average molecular weight is 387 g/mol. The number of pyridine rings is 1. The first-order valence-corrected chi connectivity index (χ1v) is 8.04. The van der Waals surface area contributed by atoms with Gasteiger partial charge in [0.15, 0.2) is 5.82 Å². The summed E-state index contributed by atoms with van der Waals surface area (Å²) in [6.45, 7) is 3.74. The van der Waals surface area contributed by atoms with Crippen LogP contribution in [-0.2, 0) is 0 Å². The molecule has 0 saturated heterocycles. The van der Waals surface area contributed by atoms with Crippen LogP contribution in [0.5, 0.6) is 0 Å². The lowest BCUT2D eigenvalue weighted by molar-refractivity contribution is 0.102. The number of aryl methyl sites for hydroxylation is 2. The van der Waals surface area contributed by atoms with E-state index in [2.05, 4.69) is 36.7 Å². The van der Waals surface area contributed by atoms with Crippen LogP contribution in [-0.4, -0.2) is 16.0 Å². The Balaban J connectivity index is 1.76. The second-order valence-corrected chi connectivity index (χ2v) is 6.21. The third-order valence-corrected chi connectivity index (χ3v) is 3.82. The lowest BCUT2D eigenvalue weighted by Crippen LogP contribution is -2.14. The fourth-order valence-corrected chi connectivity index (χ4v) is 2.63. The van der Waals surface area contributed by atoms with Crippen molar-refractivity contribution in [1.29, 1.82) is 0 Å². The molecule has 2 aromatic heterocycles. The minimum absolute atomic E-state index is 0.277. The molecule has 122 valence electrons. The number of nitrogens with zero attached hydrogens (tertiary/aromatic N) is 2. The largest absolute Gasteiger partial charge is 0.360 e. The Hall–Kier alpha value is -2.67. The highest BCUT2D eigenvalue weighted by atomic mass is 79.9. The molecule has 1 aromatic carbocycles. The van der Waals surface area contributed by atoms with E-state index in [1.807, 2.05) is 32.0 Å². The van der Waals surface area contributed by atoms with Crippen LogP contribution >= 0.6 is 15.9 Å². The number of hydrogen-bond acceptors (Lipinski definition) is 5. The SMILES string of the molecule is Cc1cc(Nc2ccnc(C(=O)Nc3ccc(Br)cc3C)c2)no1. The van der Waals surface area contributed by atoms with E-state index in [1.54, 1.807) is 24.4 Å². The van der Waals surface area contributed by atoms with E-state index in [0.29, 0.717) is 23.0 Å². The molecule has 2 heterocycles. The molecule has 2 N–H and O–H groups in total. The van der Waals surface area contributed by atoms with Gasteiger partial charge in [-0.2, -0.15) is 0 Å². The van der Waals surface area contributed by atoms with Crippen LogP contribution in [0.3, 0.4) is 0 Å². The van der Waals surface area contributed by atoms with Gasteiger partial charge in [0.2, 0.25) is 0 Å². The van der Waals surface area contributed by atoms with Gasteiger partial charge < -0.3 is 15.2 Å². The number of rotatable bonds is 4. The molecule has 24 heavy (non-hydrogen) atoms. The van der Waals surface area contributed by atoms with Crippen molar-refractivity contribution in [1.82, 2.24) is 10.1 Å². The Morgan fingerprint density at radius 1 is 1.17 bits per heavy atom. The zero-order valence-corrected chi connectivity index (χ0v) is 14.7. The Bertz CT molecular complexity index is 892. The molecule has 0 saturated carbocycles. The van der Waals surface area contributed by atoms with E-state index in [1.165, 1.54) is 0 Å². The fraction of sp³-hybridized carbons (Fsp3) is 0.118. The van der Waals surface area contributed by atoms with Crippen molar-refractivity contribution in [3.8, 4) is 0 Å². The van der Waals surface area contributed by atoms with E-state index in [9.17, 15) is 4.79 Å². The summed E-state index contributed by atoms with van der Waals surface area (Å²) < 4.78 is 5.97. The third kappa shape index (κ3) is 3.80. The first-order chi connectivity index (χ1) is 11.5. The molecule has 0 aliphatic heterocycles. The van der Waals surface area contributed by atoms with Crippen LogP contribution in [0, 0.1) is 13.8 Å². The monoisotopic (exact) mass is 386 g/mol. The topological polar surface area (TPSA) is 80.0 Å². The van der Waals surface area contributed by atoms with Crippen LogP contribution in [0.4, 0.5) is 17.2 Å². The van der Waals surface area contributed by atoms with Gasteiger partial charge in [-0.15, -0.1) is 0 Å². The van der Waals surface area contributed by atoms with Crippen molar-refractivity contribution in [2.75, 3.05) is 10.6 Å². The van der Waals surface area contributed by atoms with Gasteiger partial charge in [-0.1, -0.05) is 21.1 Å². The summed E-state index contributed by atoms with van der Waals surface area (Å²) in [5, 5.41) is 9.80. The van der Waals surface area contributed by atoms with Gasteiger partial charge >= 0.3 is 0 Å². The van der Waals surface area contributed by atoms with Crippen molar-refractivity contribution in [3.63, 3.8) is 0 Å². The molecule has 0 fully saturated rings. The number of aromatic nitrogens is 2. The van der Waals surface area contributed by atoms with E-state index in [0.717, 1.165) is 15.7 Å². The molecule has 0 atom stereocenters. The van der Waals surface area contributed by atoms with E-state index in [4.69, 9.17) is 4.52 Å². The smallest absolute Gasteiger partial charge is 0.274 e. The second kappa shape index (κ2) is 6.84. The van der Waals surface area contributed by atoms with Gasteiger partial charge in [-0.05, 0) is 49.7 Å². The van der Waals surface area contributed by atoms with Crippen LogP contribution in [0.1, 0.15) is 21.8 Å². The number of anilines is 3. The van der Waals surface area contributed by atoms with Crippen molar-refractivity contribution in [3.05, 3.63) is 64.1 Å². The molecule has 6 nitrogen and oxygen atoms in total. The predicted molar refractivity (Wildman–Crippen MR) is 95.6 cm³/mol. The molecule has 0 spiro atoms. The molecule has 0 radical (unpaired) electrons. The van der Waals surface area contributed by atoms with E-state index < -0.39 is 0 Å². The molecule has 7 heteroatoms. The van der Waals surface area contributed by atoms with Crippen molar-refractivity contribution >= 4 is 39.0 Å². The molecule has 3 rings (SSSR count). The molecule has 1 amide bonds. The Morgan fingerprint density at radius 3 is 2.71 bits per heavy atom. The summed E-state index contributed by atoms with van der Waals surface area (Å²) in [6.07, 6.45) is 1.57. The first kappa shape index (κ1) is 16.2. The highest BCUT2D eigenvalue weighted by Crippen LogP contribution is 2.21. The fourth-order valence-electron chi connectivity index (χ4n) is 2.16. The van der Waals surface area contributed by atoms with Crippen LogP contribution in [0.15, 0.2) is 51.6 Å². The quantitative estimate of drug-likeness (QED) is 0.692. The van der Waals surface area contributed by atoms with E-state index in [-0.39, 0.29) is 5.91 Å². The van der Waals surface area contributed by atoms with Gasteiger partial charge in [0, 0.05) is 28.1 Å². The maximum atomic E-state index is 12.4. The highest BCUT2D eigenvalue weighted by molar-refractivity contribution is 9.10. The number of nitrogens with one attached hydrogen (secondary N) is 2. The molecular weight excluding hydrogens is 372 g/mol. The second-order valence-electron chi connectivity index (χ2n) is 5.29. The van der Waals surface area contributed by atoms with E-state index >= 15 is 0 Å². The zero-order chi connectivity index (χ0) is 17.1. The predicted octanol–water partition coefficient (Wildman–Crippen LogP) is 4.44. The lowest BCUT2D eigenvalue weighted by atomic mass is 10.2. The summed E-state index contributed by atoms with van der Waals surface area (Å²) in [7, 11) is 0. The number of amides is 1. The Labute approximate surface area is 147 Å².